The number of nitrogens with zero attached hydrogens (tertiary/aromatic N) is 2. The van der Waals surface area contributed by atoms with Gasteiger partial charge in [-0.3, -0.25) is 9.89 Å². The van der Waals surface area contributed by atoms with Crippen LogP contribution >= 0.6 is 0 Å². The van der Waals surface area contributed by atoms with Gasteiger partial charge < -0.3 is 10.6 Å². The lowest BCUT2D eigenvalue weighted by Crippen LogP contribution is -2.32. The van der Waals surface area contributed by atoms with Crippen molar-refractivity contribution >= 4 is 5.91 Å². The zero-order valence-electron chi connectivity index (χ0n) is 13.9. The highest BCUT2D eigenvalue weighted by molar-refractivity contribution is 5.92. The Hall–Kier alpha value is -2.14. The number of hydrogen-bond acceptors (Lipinski definition) is 3. The number of nitrogens with two attached hydrogens (primary N) is 1. The molecule has 0 radical (unpaired) electrons. The smallest absolute Gasteiger partial charge is 0.274 e. The molecule has 3 N–H and O–H groups in total. The van der Waals surface area contributed by atoms with Gasteiger partial charge in [0.1, 0.15) is 5.69 Å². The third-order valence-electron chi connectivity index (χ3n) is 4.49. The molecular formula is C18H24N4O. The Kier molecular flexibility index (Phi) is 3.98. The van der Waals surface area contributed by atoms with E-state index in [4.69, 9.17) is 5.73 Å². The Balaban J connectivity index is 1.75. The zero-order valence-corrected chi connectivity index (χ0v) is 13.9. The number of H-pyrrole nitrogens is 1. The molecule has 3 rings (SSSR count). The minimum absolute atomic E-state index is 0.0395. The molecule has 122 valence electrons. The molecule has 1 aromatic heterocycles. The van der Waals surface area contributed by atoms with Crippen LogP contribution in [0.3, 0.4) is 0 Å². The van der Waals surface area contributed by atoms with Gasteiger partial charge in [-0.2, -0.15) is 5.10 Å². The molecule has 2 aromatic rings. The van der Waals surface area contributed by atoms with Crippen molar-refractivity contribution in [3.05, 3.63) is 53.3 Å². The molecule has 0 aliphatic carbocycles. The average molecular weight is 312 g/mol. The van der Waals surface area contributed by atoms with Crippen LogP contribution in [0, 0.1) is 0 Å². The van der Waals surface area contributed by atoms with E-state index in [1.807, 2.05) is 29.2 Å². The van der Waals surface area contributed by atoms with E-state index < -0.39 is 0 Å². The number of carbonyl (C=O) groups excluding carboxylic acids is 1. The highest BCUT2D eigenvalue weighted by Crippen LogP contribution is 2.28. The summed E-state index contributed by atoms with van der Waals surface area (Å²) in [5, 5.41) is 7.17. The average Bonchev–Trinajstić information content (AvgIpc) is 3.14. The molecule has 2 atom stereocenters. The summed E-state index contributed by atoms with van der Waals surface area (Å²) >= 11 is 0. The maximum absolute atomic E-state index is 12.7. The Morgan fingerprint density at radius 3 is 2.57 bits per heavy atom. The first-order chi connectivity index (χ1) is 10.9. The van der Waals surface area contributed by atoms with E-state index in [0.717, 1.165) is 5.69 Å². The standard InChI is InChI=1S/C18H24N4O/c1-18(2,3)16-9-15(20-21-16)17(23)22-10-13(14(19)11-22)12-7-5-4-6-8-12/h4-9,13-14H,10-11,19H2,1-3H3,(H,20,21)/t13-,14+/m0/s1. The lowest BCUT2D eigenvalue weighted by molar-refractivity contribution is 0.0783. The fourth-order valence-electron chi connectivity index (χ4n) is 3.03. The van der Waals surface area contributed by atoms with E-state index in [9.17, 15) is 4.79 Å². The molecule has 0 bridgehead atoms. The van der Waals surface area contributed by atoms with Crippen molar-refractivity contribution in [3.63, 3.8) is 0 Å². The van der Waals surface area contributed by atoms with Gasteiger partial charge in [-0.05, 0) is 11.6 Å². The number of aromatic nitrogens is 2. The van der Waals surface area contributed by atoms with E-state index in [1.165, 1.54) is 5.56 Å². The summed E-state index contributed by atoms with van der Waals surface area (Å²) in [5.74, 6) is 0.131. The van der Waals surface area contributed by atoms with Crippen LogP contribution in [-0.2, 0) is 5.41 Å². The van der Waals surface area contributed by atoms with Crippen molar-refractivity contribution in [2.75, 3.05) is 13.1 Å². The quantitative estimate of drug-likeness (QED) is 0.893. The van der Waals surface area contributed by atoms with Gasteiger partial charge in [0.05, 0.1) is 0 Å². The molecule has 23 heavy (non-hydrogen) atoms. The maximum Gasteiger partial charge on any atom is 0.274 e. The van der Waals surface area contributed by atoms with Crippen LogP contribution < -0.4 is 5.73 Å². The molecule has 1 aromatic carbocycles. The van der Waals surface area contributed by atoms with Crippen LogP contribution in [0.1, 0.15) is 48.4 Å². The van der Waals surface area contributed by atoms with Crippen molar-refractivity contribution in [2.45, 2.75) is 38.1 Å². The third-order valence-corrected chi connectivity index (χ3v) is 4.49. The second-order valence-corrected chi connectivity index (χ2v) is 7.31. The minimum atomic E-state index is -0.0560. The molecular weight excluding hydrogens is 288 g/mol. The molecule has 0 saturated carbocycles. The summed E-state index contributed by atoms with van der Waals surface area (Å²) in [4.78, 5) is 14.5. The van der Waals surface area contributed by atoms with Gasteiger partial charge in [0.15, 0.2) is 0 Å². The second kappa shape index (κ2) is 5.81. The first kappa shape index (κ1) is 15.7. The monoisotopic (exact) mass is 312 g/mol. The fourth-order valence-corrected chi connectivity index (χ4v) is 3.03. The van der Waals surface area contributed by atoms with Crippen LogP contribution in [0.5, 0.6) is 0 Å². The van der Waals surface area contributed by atoms with Crippen molar-refractivity contribution in [1.82, 2.24) is 15.1 Å². The Morgan fingerprint density at radius 1 is 1.26 bits per heavy atom. The highest BCUT2D eigenvalue weighted by atomic mass is 16.2. The maximum atomic E-state index is 12.7. The van der Waals surface area contributed by atoms with E-state index in [2.05, 4.69) is 43.1 Å². The minimum Gasteiger partial charge on any atom is -0.335 e. The van der Waals surface area contributed by atoms with E-state index in [-0.39, 0.29) is 23.3 Å². The Bertz CT molecular complexity index is 687. The van der Waals surface area contributed by atoms with Crippen molar-refractivity contribution < 1.29 is 4.79 Å². The second-order valence-electron chi connectivity index (χ2n) is 7.31. The number of likely N-dealkylation sites (tertiary alicyclic amines) is 1. The van der Waals surface area contributed by atoms with Crippen LogP contribution in [0.2, 0.25) is 0 Å². The highest BCUT2D eigenvalue weighted by Gasteiger charge is 2.35. The number of hydrogen-bond donors (Lipinski definition) is 2. The number of amides is 1. The molecule has 1 aliphatic heterocycles. The van der Waals surface area contributed by atoms with Crippen LogP contribution in [0.4, 0.5) is 0 Å². The third kappa shape index (κ3) is 3.15. The van der Waals surface area contributed by atoms with Gasteiger partial charge >= 0.3 is 0 Å². The van der Waals surface area contributed by atoms with E-state index in [0.29, 0.717) is 18.8 Å². The molecule has 1 aliphatic rings. The molecule has 1 fully saturated rings. The van der Waals surface area contributed by atoms with Gasteiger partial charge in [0, 0.05) is 36.2 Å². The molecule has 1 saturated heterocycles. The van der Waals surface area contributed by atoms with Gasteiger partial charge in [-0.1, -0.05) is 51.1 Å². The van der Waals surface area contributed by atoms with Crippen molar-refractivity contribution in [2.24, 2.45) is 5.73 Å². The van der Waals surface area contributed by atoms with Crippen molar-refractivity contribution in [1.29, 1.82) is 0 Å². The number of carbonyl (C=O) groups is 1. The lowest BCUT2D eigenvalue weighted by atomic mass is 9.92. The van der Waals surface area contributed by atoms with Crippen LogP contribution in [-0.4, -0.2) is 40.1 Å². The zero-order chi connectivity index (χ0) is 16.6. The first-order valence-electron chi connectivity index (χ1n) is 8.02. The summed E-state index contributed by atoms with van der Waals surface area (Å²) in [7, 11) is 0. The lowest BCUT2D eigenvalue weighted by Gasteiger charge is -2.16. The summed E-state index contributed by atoms with van der Waals surface area (Å²) in [6.45, 7) is 7.47. The van der Waals surface area contributed by atoms with Gasteiger partial charge in [0.2, 0.25) is 0 Å². The summed E-state index contributed by atoms with van der Waals surface area (Å²) in [6, 6.07) is 12.0. The Labute approximate surface area is 136 Å². The summed E-state index contributed by atoms with van der Waals surface area (Å²) in [6.07, 6.45) is 0. The predicted octanol–water partition coefficient (Wildman–Crippen LogP) is 2.27. The molecule has 1 amide bonds. The van der Waals surface area contributed by atoms with Gasteiger partial charge in [-0.15, -0.1) is 0 Å². The molecule has 2 heterocycles. The summed E-state index contributed by atoms with van der Waals surface area (Å²) < 4.78 is 0. The summed E-state index contributed by atoms with van der Waals surface area (Å²) in [5.41, 5.74) is 8.83. The SMILES string of the molecule is CC(C)(C)c1cc(C(=O)N2C[C@@H](N)[C@H](c3ccccc3)C2)n[nH]1. The largest absolute Gasteiger partial charge is 0.335 e. The number of rotatable bonds is 2. The normalized spacial score (nSPS) is 21.7. The number of benzene rings is 1. The molecule has 5 heteroatoms. The van der Waals surface area contributed by atoms with Crippen molar-refractivity contribution in [3.8, 4) is 0 Å². The predicted molar refractivity (Wildman–Crippen MR) is 90.3 cm³/mol. The van der Waals surface area contributed by atoms with Crippen LogP contribution in [0.15, 0.2) is 36.4 Å². The molecule has 5 nitrogen and oxygen atoms in total. The van der Waals surface area contributed by atoms with E-state index in [1.54, 1.807) is 0 Å². The Morgan fingerprint density at radius 2 is 1.96 bits per heavy atom. The topological polar surface area (TPSA) is 75.0 Å². The van der Waals surface area contributed by atoms with Gasteiger partial charge in [-0.25, -0.2) is 0 Å². The first-order valence-corrected chi connectivity index (χ1v) is 8.02. The number of nitrogens with one attached hydrogen (secondary N) is 1. The molecule has 0 spiro atoms. The van der Waals surface area contributed by atoms with Crippen LogP contribution in [0.25, 0.3) is 0 Å². The molecule has 0 unspecified atom stereocenters. The number of aromatic amines is 1. The van der Waals surface area contributed by atoms with E-state index >= 15 is 0 Å². The van der Waals surface area contributed by atoms with Gasteiger partial charge in [0.25, 0.3) is 5.91 Å². The fraction of sp³-hybridized carbons (Fsp3) is 0.444.